The van der Waals surface area contributed by atoms with E-state index in [1.165, 1.54) is 24.0 Å². The fourth-order valence-corrected chi connectivity index (χ4v) is 2.84. The molecule has 1 aliphatic heterocycles. The standard InChI is InChI=1S/C17H18FN/c1-13-4-6-14(7-5-13)17-3-2-12-19(17)16-10-8-15(18)9-11-16/h4-11,17H,2-3,12H2,1H3. The summed E-state index contributed by atoms with van der Waals surface area (Å²) in [6, 6.07) is 16.0. The molecule has 1 heterocycles. The Hall–Kier alpha value is -1.83. The zero-order valence-corrected chi connectivity index (χ0v) is 11.1. The van der Waals surface area contributed by atoms with Crippen LogP contribution in [0.5, 0.6) is 0 Å². The lowest BCUT2D eigenvalue weighted by Crippen LogP contribution is -2.22. The Balaban J connectivity index is 1.89. The molecule has 3 rings (SSSR count). The van der Waals surface area contributed by atoms with Crippen LogP contribution in [-0.4, -0.2) is 6.54 Å². The number of halogens is 1. The van der Waals surface area contributed by atoms with E-state index in [9.17, 15) is 4.39 Å². The Kier molecular flexibility index (Phi) is 3.24. The summed E-state index contributed by atoms with van der Waals surface area (Å²) >= 11 is 0. The molecular weight excluding hydrogens is 237 g/mol. The van der Waals surface area contributed by atoms with E-state index in [4.69, 9.17) is 0 Å². The van der Waals surface area contributed by atoms with Crippen LogP contribution in [0.4, 0.5) is 10.1 Å². The normalized spacial score (nSPS) is 18.8. The van der Waals surface area contributed by atoms with E-state index in [0.29, 0.717) is 6.04 Å². The molecule has 0 aromatic heterocycles. The van der Waals surface area contributed by atoms with Crippen LogP contribution in [0, 0.1) is 12.7 Å². The molecule has 98 valence electrons. The van der Waals surface area contributed by atoms with Crippen molar-refractivity contribution in [2.45, 2.75) is 25.8 Å². The van der Waals surface area contributed by atoms with Crippen molar-refractivity contribution in [3.05, 3.63) is 65.5 Å². The number of nitrogens with zero attached hydrogens (tertiary/aromatic N) is 1. The summed E-state index contributed by atoms with van der Waals surface area (Å²) in [6.07, 6.45) is 2.36. The maximum atomic E-state index is 13.0. The van der Waals surface area contributed by atoms with E-state index in [1.807, 2.05) is 12.1 Å². The average molecular weight is 255 g/mol. The highest BCUT2D eigenvalue weighted by molar-refractivity contribution is 5.50. The number of hydrogen-bond acceptors (Lipinski definition) is 1. The molecule has 0 bridgehead atoms. The minimum atomic E-state index is -0.171. The quantitative estimate of drug-likeness (QED) is 0.765. The molecular formula is C17H18FN. The third-order valence-electron chi connectivity index (χ3n) is 3.87. The van der Waals surface area contributed by atoms with Gasteiger partial charge in [-0.25, -0.2) is 4.39 Å². The predicted molar refractivity (Wildman–Crippen MR) is 76.9 cm³/mol. The molecule has 0 amide bonds. The lowest BCUT2D eigenvalue weighted by molar-refractivity contribution is 0.627. The Morgan fingerprint density at radius 3 is 2.37 bits per heavy atom. The second-order valence-electron chi connectivity index (χ2n) is 5.24. The molecule has 0 spiro atoms. The first-order valence-electron chi connectivity index (χ1n) is 6.83. The maximum absolute atomic E-state index is 13.0. The van der Waals surface area contributed by atoms with E-state index in [-0.39, 0.29) is 5.82 Å². The minimum absolute atomic E-state index is 0.171. The van der Waals surface area contributed by atoms with Gasteiger partial charge in [0.15, 0.2) is 0 Å². The van der Waals surface area contributed by atoms with Gasteiger partial charge in [0, 0.05) is 12.2 Å². The lowest BCUT2D eigenvalue weighted by Gasteiger charge is -2.27. The number of aryl methyl sites for hydroxylation is 1. The van der Waals surface area contributed by atoms with Crippen molar-refractivity contribution in [1.82, 2.24) is 0 Å². The van der Waals surface area contributed by atoms with Crippen molar-refractivity contribution < 1.29 is 4.39 Å². The second-order valence-corrected chi connectivity index (χ2v) is 5.24. The molecule has 2 heteroatoms. The SMILES string of the molecule is Cc1ccc(C2CCCN2c2ccc(F)cc2)cc1. The summed E-state index contributed by atoms with van der Waals surface area (Å²) in [5.41, 5.74) is 3.76. The minimum Gasteiger partial charge on any atom is -0.364 e. The molecule has 0 radical (unpaired) electrons. The molecule has 1 nitrogen and oxygen atoms in total. The lowest BCUT2D eigenvalue weighted by atomic mass is 10.0. The molecule has 0 saturated carbocycles. The molecule has 0 N–H and O–H groups in total. The third-order valence-corrected chi connectivity index (χ3v) is 3.87. The summed E-state index contributed by atoms with van der Waals surface area (Å²) in [4.78, 5) is 2.38. The molecule has 1 atom stereocenters. The van der Waals surface area contributed by atoms with Gasteiger partial charge in [0.1, 0.15) is 5.82 Å². The summed E-state index contributed by atoms with van der Waals surface area (Å²) in [5.74, 6) is -0.171. The van der Waals surface area contributed by atoms with E-state index >= 15 is 0 Å². The van der Waals surface area contributed by atoms with Crippen LogP contribution in [0.2, 0.25) is 0 Å². The van der Waals surface area contributed by atoms with Crippen molar-refractivity contribution in [2.75, 3.05) is 11.4 Å². The van der Waals surface area contributed by atoms with Gasteiger partial charge in [0.05, 0.1) is 6.04 Å². The molecule has 1 aliphatic rings. The molecule has 2 aromatic carbocycles. The highest BCUT2D eigenvalue weighted by Crippen LogP contribution is 2.36. The van der Waals surface area contributed by atoms with Crippen LogP contribution in [0.15, 0.2) is 48.5 Å². The van der Waals surface area contributed by atoms with Crippen LogP contribution < -0.4 is 4.90 Å². The van der Waals surface area contributed by atoms with Crippen LogP contribution in [0.25, 0.3) is 0 Å². The molecule has 2 aromatic rings. The summed E-state index contributed by atoms with van der Waals surface area (Å²) in [5, 5.41) is 0. The number of rotatable bonds is 2. The van der Waals surface area contributed by atoms with E-state index < -0.39 is 0 Å². The fourth-order valence-electron chi connectivity index (χ4n) is 2.84. The van der Waals surface area contributed by atoms with Crippen molar-refractivity contribution in [2.24, 2.45) is 0 Å². The fraction of sp³-hybridized carbons (Fsp3) is 0.294. The van der Waals surface area contributed by atoms with Gasteiger partial charge in [-0.2, -0.15) is 0 Å². The molecule has 0 aliphatic carbocycles. The van der Waals surface area contributed by atoms with Gasteiger partial charge < -0.3 is 4.90 Å². The first kappa shape index (κ1) is 12.2. The predicted octanol–water partition coefficient (Wildman–Crippen LogP) is 4.48. The van der Waals surface area contributed by atoms with Crippen molar-refractivity contribution in [1.29, 1.82) is 0 Å². The Morgan fingerprint density at radius 2 is 1.68 bits per heavy atom. The summed E-state index contributed by atoms with van der Waals surface area (Å²) in [7, 11) is 0. The van der Waals surface area contributed by atoms with Crippen LogP contribution >= 0.6 is 0 Å². The zero-order chi connectivity index (χ0) is 13.2. The third kappa shape index (κ3) is 2.48. The smallest absolute Gasteiger partial charge is 0.123 e. The number of anilines is 1. The van der Waals surface area contributed by atoms with Crippen molar-refractivity contribution in [3.63, 3.8) is 0 Å². The van der Waals surface area contributed by atoms with Gasteiger partial charge in [-0.15, -0.1) is 0 Å². The van der Waals surface area contributed by atoms with Crippen molar-refractivity contribution >= 4 is 5.69 Å². The molecule has 1 unspecified atom stereocenters. The van der Waals surface area contributed by atoms with Crippen LogP contribution in [0.1, 0.15) is 30.0 Å². The van der Waals surface area contributed by atoms with Crippen molar-refractivity contribution in [3.8, 4) is 0 Å². The first-order chi connectivity index (χ1) is 9.24. The molecule has 19 heavy (non-hydrogen) atoms. The van der Waals surface area contributed by atoms with E-state index in [1.54, 1.807) is 12.1 Å². The van der Waals surface area contributed by atoms with Gasteiger partial charge in [0.25, 0.3) is 0 Å². The van der Waals surface area contributed by atoms with Gasteiger partial charge in [-0.3, -0.25) is 0 Å². The zero-order valence-electron chi connectivity index (χ0n) is 11.1. The van der Waals surface area contributed by atoms with Crippen LogP contribution in [0.3, 0.4) is 0 Å². The van der Waals surface area contributed by atoms with Gasteiger partial charge in [0.2, 0.25) is 0 Å². The monoisotopic (exact) mass is 255 g/mol. The van der Waals surface area contributed by atoms with E-state index in [0.717, 1.165) is 12.2 Å². The summed E-state index contributed by atoms with van der Waals surface area (Å²) < 4.78 is 13.0. The van der Waals surface area contributed by atoms with E-state index in [2.05, 4.69) is 36.1 Å². The second kappa shape index (κ2) is 5.04. The molecule has 1 saturated heterocycles. The largest absolute Gasteiger partial charge is 0.364 e. The van der Waals surface area contributed by atoms with Gasteiger partial charge >= 0.3 is 0 Å². The highest BCUT2D eigenvalue weighted by atomic mass is 19.1. The van der Waals surface area contributed by atoms with Gasteiger partial charge in [-0.05, 0) is 49.6 Å². The van der Waals surface area contributed by atoms with Crippen LogP contribution in [-0.2, 0) is 0 Å². The highest BCUT2D eigenvalue weighted by Gasteiger charge is 2.25. The number of benzene rings is 2. The topological polar surface area (TPSA) is 3.24 Å². The number of hydrogen-bond donors (Lipinski definition) is 0. The Bertz CT molecular complexity index is 493. The van der Waals surface area contributed by atoms with Gasteiger partial charge in [-0.1, -0.05) is 29.8 Å². The summed E-state index contributed by atoms with van der Waals surface area (Å²) in [6.45, 7) is 3.15. The maximum Gasteiger partial charge on any atom is 0.123 e. The average Bonchev–Trinajstić information content (AvgIpc) is 2.90. The Labute approximate surface area is 113 Å². The Morgan fingerprint density at radius 1 is 1.00 bits per heavy atom. The first-order valence-corrected chi connectivity index (χ1v) is 6.83. The molecule has 1 fully saturated rings.